The Morgan fingerprint density at radius 2 is 2.14 bits per heavy atom. The maximum absolute atomic E-state index is 7.48. The topological polar surface area (TPSA) is 53.1 Å². The number of hydrogen-bond acceptors (Lipinski definition) is 2. The van der Waals surface area contributed by atoms with E-state index in [0.717, 1.165) is 18.8 Å². The van der Waals surface area contributed by atoms with Crippen LogP contribution in [-0.4, -0.2) is 18.9 Å². The number of nitrogens with two attached hydrogens (primary N) is 1. The van der Waals surface area contributed by atoms with Gasteiger partial charge >= 0.3 is 0 Å². The number of hydrogen-bond donors (Lipinski definition) is 2. The summed E-state index contributed by atoms with van der Waals surface area (Å²) in [4.78, 5) is 2.18. The highest BCUT2D eigenvalue weighted by Gasteiger charge is 2.20. The molecule has 2 rings (SSSR count). The van der Waals surface area contributed by atoms with E-state index in [1.54, 1.807) is 6.07 Å². The van der Waals surface area contributed by atoms with Crippen molar-refractivity contribution in [3.05, 3.63) is 28.8 Å². The van der Waals surface area contributed by atoms with Crippen LogP contribution < -0.4 is 10.6 Å². The van der Waals surface area contributed by atoms with Crippen LogP contribution in [0.1, 0.15) is 12.0 Å². The van der Waals surface area contributed by atoms with Crippen LogP contribution in [0.4, 0.5) is 5.69 Å². The molecule has 0 bridgehead atoms. The van der Waals surface area contributed by atoms with Crippen LogP contribution in [0.25, 0.3) is 0 Å². The van der Waals surface area contributed by atoms with Gasteiger partial charge in [-0.2, -0.15) is 0 Å². The van der Waals surface area contributed by atoms with Gasteiger partial charge in [0.1, 0.15) is 5.84 Å². The zero-order valence-electron chi connectivity index (χ0n) is 7.76. The van der Waals surface area contributed by atoms with Crippen molar-refractivity contribution in [2.24, 2.45) is 5.73 Å². The van der Waals surface area contributed by atoms with Gasteiger partial charge in [0.05, 0.1) is 10.6 Å². The van der Waals surface area contributed by atoms with Gasteiger partial charge in [0.25, 0.3) is 0 Å². The summed E-state index contributed by atoms with van der Waals surface area (Å²) < 4.78 is 0. The largest absolute Gasteiger partial charge is 0.384 e. The standard InChI is InChI=1S/C10H12ClN3/c11-7-3-1-4-8(9(7)10(12)13)14-5-2-6-14/h1,3-4H,2,5-6H2,(H3,12,13). The third kappa shape index (κ3) is 1.44. The van der Waals surface area contributed by atoms with E-state index in [9.17, 15) is 0 Å². The van der Waals surface area contributed by atoms with E-state index in [1.807, 2.05) is 12.1 Å². The molecule has 0 unspecified atom stereocenters. The lowest BCUT2D eigenvalue weighted by molar-refractivity contribution is 0.617. The lowest BCUT2D eigenvalue weighted by Crippen LogP contribution is -2.38. The fourth-order valence-corrected chi connectivity index (χ4v) is 1.87. The third-order valence-electron chi connectivity index (χ3n) is 2.46. The maximum atomic E-state index is 7.48. The van der Waals surface area contributed by atoms with E-state index in [2.05, 4.69) is 4.90 Å². The lowest BCUT2D eigenvalue weighted by Gasteiger charge is -2.34. The Labute approximate surface area is 88.0 Å². The first-order chi connectivity index (χ1) is 6.70. The molecule has 0 aliphatic carbocycles. The lowest BCUT2D eigenvalue weighted by atomic mass is 10.1. The normalized spacial score (nSPS) is 15.1. The first kappa shape index (κ1) is 9.34. The molecule has 3 N–H and O–H groups in total. The Morgan fingerprint density at radius 3 is 2.64 bits per heavy atom. The number of amidine groups is 1. The van der Waals surface area contributed by atoms with E-state index >= 15 is 0 Å². The molecule has 0 atom stereocenters. The molecule has 14 heavy (non-hydrogen) atoms. The number of anilines is 1. The van der Waals surface area contributed by atoms with Crippen LogP contribution in [0.5, 0.6) is 0 Å². The van der Waals surface area contributed by atoms with Gasteiger partial charge in [0, 0.05) is 18.8 Å². The quantitative estimate of drug-likeness (QED) is 0.577. The maximum Gasteiger partial charge on any atom is 0.126 e. The second-order valence-corrected chi connectivity index (χ2v) is 3.80. The molecule has 3 nitrogen and oxygen atoms in total. The molecule has 0 radical (unpaired) electrons. The summed E-state index contributed by atoms with van der Waals surface area (Å²) in [5.74, 6) is 0.0394. The van der Waals surface area contributed by atoms with Crippen LogP contribution in [0.3, 0.4) is 0 Å². The molecule has 0 saturated carbocycles. The molecular formula is C10H12ClN3. The fraction of sp³-hybridized carbons (Fsp3) is 0.300. The van der Waals surface area contributed by atoms with Crippen LogP contribution in [0, 0.1) is 5.41 Å². The van der Waals surface area contributed by atoms with Crippen molar-refractivity contribution in [3.63, 3.8) is 0 Å². The Bertz CT molecular complexity index is 372. The summed E-state index contributed by atoms with van der Waals surface area (Å²) in [5, 5.41) is 8.03. The van der Waals surface area contributed by atoms with E-state index < -0.39 is 0 Å². The van der Waals surface area contributed by atoms with E-state index in [0.29, 0.717) is 10.6 Å². The molecule has 4 heteroatoms. The van der Waals surface area contributed by atoms with Gasteiger partial charge in [-0.25, -0.2) is 0 Å². The minimum absolute atomic E-state index is 0.0394. The van der Waals surface area contributed by atoms with Gasteiger partial charge in [-0.05, 0) is 18.6 Å². The highest BCUT2D eigenvalue weighted by molar-refractivity contribution is 6.34. The summed E-state index contributed by atoms with van der Waals surface area (Å²) in [6, 6.07) is 5.62. The van der Waals surface area contributed by atoms with Crippen molar-refractivity contribution >= 4 is 23.1 Å². The fourth-order valence-electron chi connectivity index (χ4n) is 1.60. The van der Waals surface area contributed by atoms with Gasteiger partial charge in [-0.1, -0.05) is 17.7 Å². The predicted molar refractivity (Wildman–Crippen MR) is 59.3 cm³/mol. The van der Waals surface area contributed by atoms with Crippen LogP contribution in [-0.2, 0) is 0 Å². The Morgan fingerprint density at radius 1 is 1.43 bits per heavy atom. The highest BCUT2D eigenvalue weighted by atomic mass is 35.5. The van der Waals surface area contributed by atoms with Crippen molar-refractivity contribution in [2.75, 3.05) is 18.0 Å². The Kier molecular flexibility index (Phi) is 2.33. The molecule has 1 aromatic rings. The number of nitrogens with zero attached hydrogens (tertiary/aromatic N) is 1. The molecule has 74 valence electrons. The Balaban J connectivity index is 2.46. The third-order valence-corrected chi connectivity index (χ3v) is 2.77. The summed E-state index contributed by atoms with van der Waals surface area (Å²) in [5.41, 5.74) is 7.15. The summed E-state index contributed by atoms with van der Waals surface area (Å²) in [6.45, 7) is 2.06. The monoisotopic (exact) mass is 209 g/mol. The number of benzene rings is 1. The molecule has 1 aromatic carbocycles. The van der Waals surface area contributed by atoms with E-state index in [1.165, 1.54) is 6.42 Å². The SMILES string of the molecule is N=C(N)c1c(Cl)cccc1N1CCC1. The number of rotatable bonds is 2. The first-order valence-electron chi connectivity index (χ1n) is 4.58. The molecular weight excluding hydrogens is 198 g/mol. The highest BCUT2D eigenvalue weighted by Crippen LogP contribution is 2.29. The second kappa shape index (κ2) is 3.50. The average molecular weight is 210 g/mol. The zero-order valence-corrected chi connectivity index (χ0v) is 8.51. The summed E-state index contributed by atoms with van der Waals surface area (Å²) >= 11 is 6.00. The predicted octanol–water partition coefficient (Wildman–Crippen LogP) is 1.83. The van der Waals surface area contributed by atoms with Crippen molar-refractivity contribution in [2.45, 2.75) is 6.42 Å². The minimum atomic E-state index is 0.0394. The van der Waals surface area contributed by atoms with Crippen LogP contribution >= 0.6 is 11.6 Å². The van der Waals surface area contributed by atoms with Crippen molar-refractivity contribution in [1.82, 2.24) is 0 Å². The summed E-state index contributed by atoms with van der Waals surface area (Å²) in [7, 11) is 0. The van der Waals surface area contributed by atoms with Crippen molar-refractivity contribution < 1.29 is 0 Å². The second-order valence-electron chi connectivity index (χ2n) is 3.39. The minimum Gasteiger partial charge on any atom is -0.384 e. The van der Waals surface area contributed by atoms with Gasteiger partial charge in [0.15, 0.2) is 0 Å². The summed E-state index contributed by atoms with van der Waals surface area (Å²) in [6.07, 6.45) is 1.20. The van der Waals surface area contributed by atoms with Crippen LogP contribution in [0.15, 0.2) is 18.2 Å². The number of nitrogen functional groups attached to an aromatic ring is 1. The van der Waals surface area contributed by atoms with E-state index in [-0.39, 0.29) is 5.84 Å². The van der Waals surface area contributed by atoms with Gasteiger partial charge in [-0.3, -0.25) is 5.41 Å². The average Bonchev–Trinajstić information content (AvgIpc) is 1.99. The molecule has 0 aromatic heterocycles. The first-order valence-corrected chi connectivity index (χ1v) is 4.96. The molecule has 1 heterocycles. The van der Waals surface area contributed by atoms with Gasteiger partial charge in [0.2, 0.25) is 0 Å². The smallest absolute Gasteiger partial charge is 0.126 e. The zero-order chi connectivity index (χ0) is 10.1. The number of nitrogens with one attached hydrogen (secondary N) is 1. The van der Waals surface area contributed by atoms with Crippen LogP contribution in [0.2, 0.25) is 5.02 Å². The Hall–Kier alpha value is -1.22. The van der Waals surface area contributed by atoms with Gasteiger partial charge in [-0.15, -0.1) is 0 Å². The van der Waals surface area contributed by atoms with Crippen molar-refractivity contribution in [1.29, 1.82) is 5.41 Å². The molecule has 0 amide bonds. The van der Waals surface area contributed by atoms with Gasteiger partial charge < -0.3 is 10.6 Å². The molecule has 1 fully saturated rings. The molecule has 1 aliphatic heterocycles. The van der Waals surface area contributed by atoms with Crippen molar-refractivity contribution in [3.8, 4) is 0 Å². The molecule has 1 aliphatic rings. The molecule has 0 spiro atoms. The van der Waals surface area contributed by atoms with E-state index in [4.69, 9.17) is 22.7 Å². The molecule has 1 saturated heterocycles. The number of halogens is 1.